The van der Waals surface area contributed by atoms with Crippen LogP contribution < -0.4 is 0 Å². The molecule has 6 nitrogen and oxygen atoms in total. The average Bonchev–Trinajstić information content (AvgIpc) is 2.30. The summed E-state index contributed by atoms with van der Waals surface area (Å²) in [6.45, 7) is 1.60. The second kappa shape index (κ2) is 6.50. The van der Waals surface area contributed by atoms with E-state index in [4.69, 9.17) is 0 Å². The van der Waals surface area contributed by atoms with Crippen molar-refractivity contribution in [3.05, 3.63) is 31.9 Å². The number of pyridine rings is 1. The fourth-order valence-corrected chi connectivity index (χ4v) is 1.84. The molecule has 1 aromatic heterocycles. The van der Waals surface area contributed by atoms with Crippen molar-refractivity contribution in [2.45, 2.75) is 19.8 Å². The average molecular weight is 339 g/mol. The zero-order valence-electron chi connectivity index (χ0n) is 9.73. The van der Waals surface area contributed by atoms with Gasteiger partial charge in [0.1, 0.15) is 0 Å². The Morgan fingerprint density at radius 2 is 2.26 bits per heavy atom. The number of carbonyl (C=O) groups excluding carboxylic acids is 1. The number of nitro groups is 1. The van der Waals surface area contributed by atoms with Gasteiger partial charge in [-0.3, -0.25) is 4.79 Å². The molecular formula is C10H9BrF2N2O4. The van der Waals surface area contributed by atoms with Crippen molar-refractivity contribution in [3.63, 3.8) is 0 Å². The molecule has 0 amide bonds. The molecule has 0 radical (unpaired) electrons. The first kappa shape index (κ1) is 15.4. The van der Waals surface area contributed by atoms with Crippen molar-refractivity contribution >= 4 is 27.7 Å². The van der Waals surface area contributed by atoms with Crippen LogP contribution >= 0.6 is 15.9 Å². The number of aromatic nitrogens is 1. The maximum atomic E-state index is 12.9. The van der Waals surface area contributed by atoms with Crippen molar-refractivity contribution in [2.75, 3.05) is 6.61 Å². The molecule has 0 unspecified atom stereocenters. The van der Waals surface area contributed by atoms with Crippen molar-refractivity contribution in [3.8, 4) is 0 Å². The van der Waals surface area contributed by atoms with Gasteiger partial charge in [-0.15, -0.1) is 0 Å². The molecule has 0 aromatic carbocycles. The third kappa shape index (κ3) is 3.91. The van der Waals surface area contributed by atoms with Gasteiger partial charge in [0, 0.05) is 27.6 Å². The predicted octanol–water partition coefficient (Wildman–Crippen LogP) is 2.80. The molecule has 0 bridgehead atoms. The number of esters is 1. The van der Waals surface area contributed by atoms with Gasteiger partial charge in [-0.1, -0.05) is 0 Å². The fraction of sp³-hybridized carbons (Fsp3) is 0.400. The molecule has 0 atom stereocenters. The van der Waals surface area contributed by atoms with E-state index in [1.165, 1.54) is 0 Å². The molecule has 1 aromatic rings. The molecule has 1 rings (SSSR count). The Labute approximate surface area is 115 Å². The summed E-state index contributed by atoms with van der Waals surface area (Å²) in [5, 5.41) is 10.8. The quantitative estimate of drug-likeness (QED) is 0.357. The molecule has 0 aliphatic heterocycles. The summed E-state index contributed by atoms with van der Waals surface area (Å²) in [5.74, 6) is -1.60. The Morgan fingerprint density at radius 3 is 2.74 bits per heavy atom. The van der Waals surface area contributed by atoms with Crippen LogP contribution in [0.4, 0.5) is 14.6 Å². The zero-order chi connectivity index (χ0) is 14.6. The smallest absolute Gasteiger partial charge is 0.368 e. The molecule has 19 heavy (non-hydrogen) atoms. The molecule has 9 heteroatoms. The van der Waals surface area contributed by atoms with Crippen LogP contribution in [0.3, 0.4) is 0 Å². The maximum absolute atomic E-state index is 12.9. The first-order valence-electron chi connectivity index (χ1n) is 5.14. The van der Waals surface area contributed by atoms with Gasteiger partial charge in [0.2, 0.25) is 4.60 Å². The highest BCUT2D eigenvalue weighted by molar-refractivity contribution is 9.10. The Bertz CT molecular complexity index is 511. The summed E-state index contributed by atoms with van der Waals surface area (Å²) in [5.41, 5.74) is -1.04. The highest BCUT2D eigenvalue weighted by Gasteiger charge is 2.28. The second-order valence-corrected chi connectivity index (χ2v) is 4.19. The van der Waals surface area contributed by atoms with Gasteiger partial charge in [0.25, 0.3) is 6.43 Å². The number of nitrogens with zero attached hydrogens (tertiary/aromatic N) is 2. The van der Waals surface area contributed by atoms with Gasteiger partial charge in [0.15, 0.2) is 0 Å². The largest absolute Gasteiger partial charge is 0.466 e. The third-order valence-electron chi connectivity index (χ3n) is 2.14. The maximum Gasteiger partial charge on any atom is 0.368 e. The highest BCUT2D eigenvalue weighted by Crippen LogP contribution is 2.31. The number of halogens is 3. The predicted molar refractivity (Wildman–Crippen MR) is 63.9 cm³/mol. The van der Waals surface area contributed by atoms with Crippen LogP contribution in [0.2, 0.25) is 0 Å². The van der Waals surface area contributed by atoms with E-state index < -0.39 is 40.7 Å². The van der Waals surface area contributed by atoms with E-state index in [9.17, 15) is 23.7 Å². The van der Waals surface area contributed by atoms with Gasteiger partial charge < -0.3 is 14.9 Å². The SMILES string of the molecule is CCOC(=O)Cc1c(C(F)F)cc(Br)nc1[N+](=O)[O-]. The second-order valence-electron chi connectivity index (χ2n) is 3.38. The van der Waals surface area contributed by atoms with E-state index in [0.717, 1.165) is 6.07 Å². The van der Waals surface area contributed by atoms with Gasteiger partial charge in [-0.25, -0.2) is 8.78 Å². The summed E-state index contributed by atoms with van der Waals surface area (Å²) in [7, 11) is 0. The lowest BCUT2D eigenvalue weighted by Crippen LogP contribution is -2.12. The molecule has 0 aliphatic carbocycles. The van der Waals surface area contributed by atoms with Crippen LogP contribution in [0.1, 0.15) is 24.5 Å². The molecule has 0 fully saturated rings. The fourth-order valence-electron chi connectivity index (χ4n) is 1.43. The third-order valence-corrected chi connectivity index (χ3v) is 2.55. The summed E-state index contributed by atoms with van der Waals surface area (Å²) in [6, 6.07) is 0.951. The number of ether oxygens (including phenoxy) is 1. The van der Waals surface area contributed by atoms with Crippen LogP contribution in [0, 0.1) is 10.1 Å². The lowest BCUT2D eigenvalue weighted by Gasteiger charge is -2.08. The first-order valence-corrected chi connectivity index (χ1v) is 5.93. The number of carbonyl (C=O) groups is 1. The minimum absolute atomic E-state index is 0.0562. The summed E-state index contributed by atoms with van der Waals surface area (Å²) >= 11 is 2.82. The van der Waals surface area contributed by atoms with Gasteiger partial charge in [-0.2, -0.15) is 0 Å². The molecule has 104 valence electrons. The van der Waals surface area contributed by atoms with Crippen molar-refractivity contribution < 1.29 is 23.2 Å². The minimum Gasteiger partial charge on any atom is -0.466 e. The number of hydrogen-bond donors (Lipinski definition) is 0. The summed E-state index contributed by atoms with van der Waals surface area (Å²) in [4.78, 5) is 24.7. The van der Waals surface area contributed by atoms with E-state index in [0.29, 0.717) is 0 Å². The lowest BCUT2D eigenvalue weighted by molar-refractivity contribution is -0.390. The molecular weight excluding hydrogens is 330 g/mol. The summed E-state index contributed by atoms with van der Waals surface area (Å²) < 4.78 is 30.2. The Balaban J connectivity index is 3.31. The molecule has 0 N–H and O–H groups in total. The lowest BCUT2D eigenvalue weighted by atomic mass is 10.1. The molecule has 0 spiro atoms. The van der Waals surface area contributed by atoms with Crippen molar-refractivity contribution in [1.29, 1.82) is 0 Å². The molecule has 1 heterocycles. The van der Waals surface area contributed by atoms with E-state index in [1.54, 1.807) is 6.92 Å². The standard InChI is InChI=1S/C10H9BrF2N2O4/c1-2-19-8(16)4-6-5(9(12)13)3-7(11)14-10(6)15(17)18/h3,9H,2,4H2,1H3. The van der Waals surface area contributed by atoms with E-state index >= 15 is 0 Å². The van der Waals surface area contributed by atoms with E-state index in [1.807, 2.05) is 0 Å². The van der Waals surface area contributed by atoms with Crippen LogP contribution in [-0.2, 0) is 16.0 Å². The van der Waals surface area contributed by atoms with Crippen LogP contribution in [0.15, 0.2) is 10.7 Å². The summed E-state index contributed by atoms with van der Waals surface area (Å²) in [6.07, 6.45) is -3.58. The normalized spacial score (nSPS) is 10.6. The Hall–Kier alpha value is -1.64. The van der Waals surface area contributed by atoms with Crippen LogP contribution in [-0.4, -0.2) is 22.5 Å². The van der Waals surface area contributed by atoms with Gasteiger partial charge >= 0.3 is 11.8 Å². The Kier molecular flexibility index (Phi) is 5.28. The number of hydrogen-bond acceptors (Lipinski definition) is 5. The number of alkyl halides is 2. The topological polar surface area (TPSA) is 82.3 Å². The molecule has 0 saturated heterocycles. The van der Waals surface area contributed by atoms with Crippen LogP contribution in [0.5, 0.6) is 0 Å². The van der Waals surface area contributed by atoms with Crippen molar-refractivity contribution in [1.82, 2.24) is 4.98 Å². The first-order chi connectivity index (χ1) is 8.86. The molecule has 0 aliphatic rings. The van der Waals surface area contributed by atoms with E-state index in [-0.39, 0.29) is 11.2 Å². The zero-order valence-corrected chi connectivity index (χ0v) is 11.3. The monoisotopic (exact) mass is 338 g/mol. The van der Waals surface area contributed by atoms with Gasteiger partial charge in [0.05, 0.1) is 18.6 Å². The van der Waals surface area contributed by atoms with Gasteiger partial charge in [-0.05, 0) is 16.8 Å². The highest BCUT2D eigenvalue weighted by atomic mass is 79.9. The number of rotatable bonds is 5. The van der Waals surface area contributed by atoms with Crippen molar-refractivity contribution in [2.24, 2.45) is 0 Å². The molecule has 0 saturated carbocycles. The van der Waals surface area contributed by atoms with Crippen LogP contribution in [0.25, 0.3) is 0 Å². The Morgan fingerprint density at radius 1 is 1.63 bits per heavy atom. The van der Waals surface area contributed by atoms with E-state index in [2.05, 4.69) is 25.7 Å². The minimum atomic E-state index is -2.96.